The van der Waals surface area contributed by atoms with Gasteiger partial charge in [-0.1, -0.05) is 13.0 Å². The summed E-state index contributed by atoms with van der Waals surface area (Å²) in [5, 5.41) is 2.80. The minimum atomic E-state index is -0.0928. The fourth-order valence-electron chi connectivity index (χ4n) is 2.00. The molecule has 0 atom stereocenters. The maximum atomic E-state index is 11.5. The maximum Gasteiger partial charge on any atom is 0.224 e. The van der Waals surface area contributed by atoms with Crippen LogP contribution in [-0.2, 0) is 11.3 Å². The van der Waals surface area contributed by atoms with Crippen molar-refractivity contribution in [3.8, 4) is 17.4 Å². The second kappa shape index (κ2) is 9.52. The van der Waals surface area contributed by atoms with Crippen LogP contribution in [0.2, 0.25) is 0 Å². The number of rotatable bonds is 9. The van der Waals surface area contributed by atoms with Crippen molar-refractivity contribution in [2.75, 3.05) is 13.2 Å². The van der Waals surface area contributed by atoms with Crippen molar-refractivity contribution in [1.29, 1.82) is 0 Å². The first-order valence-electron chi connectivity index (χ1n) is 8.04. The number of ether oxygens (including phenoxy) is 2. The van der Waals surface area contributed by atoms with Crippen molar-refractivity contribution in [2.24, 2.45) is 5.73 Å². The maximum absolute atomic E-state index is 11.5. The molecule has 0 unspecified atom stereocenters. The van der Waals surface area contributed by atoms with Gasteiger partial charge < -0.3 is 20.5 Å². The number of carbonyl (C=O) groups excluding carboxylic acids is 1. The molecular formula is C18H23N3O3. The van der Waals surface area contributed by atoms with Crippen LogP contribution in [0.15, 0.2) is 42.6 Å². The van der Waals surface area contributed by atoms with Crippen molar-refractivity contribution < 1.29 is 14.3 Å². The van der Waals surface area contributed by atoms with E-state index in [4.69, 9.17) is 15.2 Å². The number of hydrogen-bond acceptors (Lipinski definition) is 5. The zero-order valence-electron chi connectivity index (χ0n) is 13.8. The molecular weight excluding hydrogens is 306 g/mol. The Hall–Kier alpha value is -2.60. The van der Waals surface area contributed by atoms with Gasteiger partial charge in [0.2, 0.25) is 11.8 Å². The minimum Gasteiger partial charge on any atom is -0.494 e. The van der Waals surface area contributed by atoms with Crippen molar-refractivity contribution in [3.63, 3.8) is 0 Å². The van der Waals surface area contributed by atoms with Gasteiger partial charge in [-0.2, -0.15) is 0 Å². The number of carbonyl (C=O) groups is 1. The summed E-state index contributed by atoms with van der Waals surface area (Å²) in [7, 11) is 0. The molecule has 0 aliphatic heterocycles. The van der Waals surface area contributed by atoms with E-state index in [1.807, 2.05) is 30.3 Å². The van der Waals surface area contributed by atoms with Crippen molar-refractivity contribution in [2.45, 2.75) is 26.3 Å². The molecule has 24 heavy (non-hydrogen) atoms. The predicted octanol–water partition coefficient (Wildman–Crippen LogP) is 2.63. The lowest BCUT2D eigenvalue weighted by Gasteiger charge is -2.11. The lowest BCUT2D eigenvalue weighted by molar-refractivity contribution is -0.121. The Morgan fingerprint density at radius 2 is 1.96 bits per heavy atom. The molecule has 2 rings (SSSR count). The molecule has 6 nitrogen and oxygen atoms in total. The first-order chi connectivity index (χ1) is 11.7. The average Bonchev–Trinajstić information content (AvgIpc) is 2.61. The van der Waals surface area contributed by atoms with E-state index < -0.39 is 0 Å². The number of amides is 1. The van der Waals surface area contributed by atoms with E-state index in [9.17, 15) is 4.79 Å². The van der Waals surface area contributed by atoms with Crippen molar-refractivity contribution in [1.82, 2.24) is 10.3 Å². The number of aromatic nitrogens is 1. The van der Waals surface area contributed by atoms with Crippen LogP contribution in [0.5, 0.6) is 17.4 Å². The highest BCUT2D eigenvalue weighted by Crippen LogP contribution is 2.25. The zero-order chi connectivity index (χ0) is 17.2. The highest BCUT2D eigenvalue weighted by atomic mass is 16.5. The van der Waals surface area contributed by atoms with E-state index in [-0.39, 0.29) is 5.91 Å². The Morgan fingerprint density at radius 3 is 2.67 bits per heavy atom. The minimum absolute atomic E-state index is 0.0928. The third-order valence-electron chi connectivity index (χ3n) is 3.21. The molecule has 0 aliphatic carbocycles. The Kier molecular flexibility index (Phi) is 7.04. The highest BCUT2D eigenvalue weighted by Gasteiger charge is 2.08. The number of nitrogens with one attached hydrogen (secondary N) is 1. The smallest absolute Gasteiger partial charge is 0.224 e. The van der Waals surface area contributed by atoms with Crippen LogP contribution < -0.4 is 20.5 Å². The monoisotopic (exact) mass is 329 g/mol. The molecule has 1 aromatic carbocycles. The molecule has 0 spiro atoms. The summed E-state index contributed by atoms with van der Waals surface area (Å²) in [4.78, 5) is 15.8. The van der Waals surface area contributed by atoms with E-state index >= 15 is 0 Å². The molecule has 0 bridgehead atoms. The molecule has 128 valence electrons. The Bertz CT molecular complexity index is 644. The molecule has 2 aromatic rings. The largest absolute Gasteiger partial charge is 0.494 e. The number of nitrogens with two attached hydrogens (primary N) is 1. The molecule has 0 fully saturated rings. The fraction of sp³-hybridized carbons (Fsp3) is 0.333. The summed E-state index contributed by atoms with van der Waals surface area (Å²) < 4.78 is 11.4. The summed E-state index contributed by atoms with van der Waals surface area (Å²) in [6.45, 7) is 3.42. The second-order valence-corrected chi connectivity index (χ2v) is 5.21. The molecule has 3 N–H and O–H groups in total. The number of nitrogens with zero attached hydrogens (tertiary/aromatic N) is 1. The topological polar surface area (TPSA) is 86.5 Å². The van der Waals surface area contributed by atoms with Crippen LogP contribution in [0.4, 0.5) is 0 Å². The first-order valence-corrected chi connectivity index (χ1v) is 8.04. The van der Waals surface area contributed by atoms with Crippen molar-refractivity contribution in [3.05, 3.63) is 48.2 Å². The van der Waals surface area contributed by atoms with Gasteiger partial charge in [0.05, 0.1) is 6.61 Å². The van der Waals surface area contributed by atoms with E-state index in [2.05, 4.69) is 17.2 Å². The standard InChI is InChI=1S/C18H23N3O3/c1-2-12-23-15-5-7-16(8-6-15)24-18-14(4-3-11-20-18)13-21-17(22)9-10-19/h3-8,11H,2,9-10,12-13,19H2,1H3,(H,21,22). The van der Waals surface area contributed by atoms with Crippen LogP contribution in [0.1, 0.15) is 25.3 Å². The fourth-order valence-corrected chi connectivity index (χ4v) is 2.00. The van der Waals surface area contributed by atoms with Gasteiger partial charge in [0.15, 0.2) is 0 Å². The summed E-state index contributed by atoms with van der Waals surface area (Å²) in [5.74, 6) is 1.84. The molecule has 0 aliphatic rings. The van der Waals surface area contributed by atoms with E-state index in [0.29, 0.717) is 37.7 Å². The average molecular weight is 329 g/mol. The molecule has 0 saturated heterocycles. The van der Waals surface area contributed by atoms with Crippen LogP contribution in [0.3, 0.4) is 0 Å². The second-order valence-electron chi connectivity index (χ2n) is 5.21. The highest BCUT2D eigenvalue weighted by molar-refractivity contribution is 5.76. The van der Waals surface area contributed by atoms with E-state index in [1.165, 1.54) is 0 Å². The first kappa shape index (κ1) is 17.7. The van der Waals surface area contributed by atoms with Crippen LogP contribution in [0.25, 0.3) is 0 Å². The third-order valence-corrected chi connectivity index (χ3v) is 3.21. The molecule has 0 radical (unpaired) electrons. The molecule has 1 heterocycles. The van der Waals surface area contributed by atoms with Crippen LogP contribution >= 0.6 is 0 Å². The third kappa shape index (κ3) is 5.55. The Labute approximate surface area is 142 Å². The van der Waals surface area contributed by atoms with Gasteiger partial charge in [0, 0.05) is 31.3 Å². The molecule has 0 saturated carbocycles. The Morgan fingerprint density at radius 1 is 1.21 bits per heavy atom. The van der Waals surface area contributed by atoms with E-state index in [1.54, 1.807) is 12.3 Å². The van der Waals surface area contributed by atoms with Gasteiger partial charge >= 0.3 is 0 Å². The number of benzene rings is 1. The quantitative estimate of drug-likeness (QED) is 0.738. The summed E-state index contributed by atoms with van der Waals surface area (Å²) in [6.07, 6.45) is 2.92. The zero-order valence-corrected chi connectivity index (χ0v) is 13.8. The Balaban J connectivity index is 2.00. The summed E-state index contributed by atoms with van der Waals surface area (Å²) in [6, 6.07) is 11.0. The van der Waals surface area contributed by atoms with Gasteiger partial charge in [-0.05, 0) is 36.8 Å². The van der Waals surface area contributed by atoms with E-state index in [0.717, 1.165) is 17.7 Å². The van der Waals surface area contributed by atoms with Gasteiger partial charge in [0.25, 0.3) is 0 Å². The van der Waals surface area contributed by atoms with Gasteiger partial charge in [-0.15, -0.1) is 0 Å². The lowest BCUT2D eigenvalue weighted by Crippen LogP contribution is -2.25. The van der Waals surface area contributed by atoms with Gasteiger partial charge in [0.1, 0.15) is 11.5 Å². The van der Waals surface area contributed by atoms with Gasteiger partial charge in [-0.3, -0.25) is 4.79 Å². The summed E-state index contributed by atoms with van der Waals surface area (Å²) in [5.41, 5.74) is 6.17. The number of pyridine rings is 1. The predicted molar refractivity (Wildman–Crippen MR) is 92.1 cm³/mol. The normalized spacial score (nSPS) is 10.2. The summed E-state index contributed by atoms with van der Waals surface area (Å²) >= 11 is 0. The lowest BCUT2D eigenvalue weighted by atomic mass is 10.2. The van der Waals surface area contributed by atoms with Crippen LogP contribution in [-0.4, -0.2) is 24.0 Å². The van der Waals surface area contributed by atoms with Crippen molar-refractivity contribution >= 4 is 5.91 Å². The molecule has 1 aromatic heterocycles. The molecule has 6 heteroatoms. The SMILES string of the molecule is CCCOc1ccc(Oc2ncccc2CNC(=O)CCN)cc1. The van der Waals surface area contributed by atoms with Gasteiger partial charge in [-0.25, -0.2) is 4.98 Å². The number of hydrogen-bond donors (Lipinski definition) is 2. The van der Waals surface area contributed by atoms with Crippen LogP contribution in [0, 0.1) is 0 Å². The molecule has 1 amide bonds.